The van der Waals surface area contributed by atoms with Gasteiger partial charge in [0.15, 0.2) is 0 Å². The Labute approximate surface area is 263 Å². The number of hydrogen-bond donors (Lipinski definition) is 3. The quantitative estimate of drug-likeness (QED) is 0.184. The van der Waals surface area contributed by atoms with Gasteiger partial charge in [-0.15, -0.1) is 0 Å². The van der Waals surface area contributed by atoms with Gasteiger partial charge in [0.05, 0.1) is 16.9 Å². The van der Waals surface area contributed by atoms with Gasteiger partial charge in [-0.1, -0.05) is 69.5 Å². The third kappa shape index (κ3) is 6.76. The predicted molar refractivity (Wildman–Crippen MR) is 171 cm³/mol. The van der Waals surface area contributed by atoms with Gasteiger partial charge < -0.3 is 20.3 Å². The normalized spacial score (nSPS) is 17.1. The first-order chi connectivity index (χ1) is 19.8. The summed E-state index contributed by atoms with van der Waals surface area (Å²) in [5.74, 6) is -0.188. The molecule has 42 heavy (non-hydrogen) atoms. The number of carbonyl (C=O) groups is 1. The molecule has 2 heterocycles. The summed E-state index contributed by atoms with van der Waals surface area (Å²) in [6.07, 6.45) is 0.981. The molecule has 0 bridgehead atoms. The van der Waals surface area contributed by atoms with Gasteiger partial charge in [0, 0.05) is 37.8 Å². The molecular formula is C33H31BrCl2N2O4. The molecule has 0 saturated heterocycles. The summed E-state index contributed by atoms with van der Waals surface area (Å²) in [5.41, 5.74) is 2.62. The molecule has 0 saturated carbocycles. The molecule has 5 rings (SSSR count). The standard InChI is InChI=1S/C33H31BrCl2N2O4/c1-32(2)16-20(17-33(3,41)18-37-30(40)24-6-4-5-7-28(24)39)26-15-25(19-8-10-21(35)11-9-19)29(38-31(26)42-32)23-13-12-22(36)14-27(23)34/h4-15,20,39,41H,16-18H2,1-3H3,(H,37,40). The first-order valence-electron chi connectivity index (χ1n) is 13.6. The molecular weight excluding hydrogens is 639 g/mol. The molecule has 3 aromatic carbocycles. The van der Waals surface area contributed by atoms with Crippen LogP contribution in [0.5, 0.6) is 11.6 Å². The van der Waals surface area contributed by atoms with Crippen LogP contribution >= 0.6 is 39.1 Å². The van der Waals surface area contributed by atoms with Crippen LogP contribution in [0.25, 0.3) is 22.4 Å². The molecule has 4 aromatic rings. The Bertz CT molecular complexity index is 1640. The Balaban J connectivity index is 1.52. The minimum absolute atomic E-state index is 0.000557. The molecule has 1 aliphatic rings. The number of carbonyl (C=O) groups excluding carboxylic acids is 1. The summed E-state index contributed by atoms with van der Waals surface area (Å²) in [5, 5.41) is 25.5. The monoisotopic (exact) mass is 668 g/mol. The molecule has 218 valence electrons. The van der Waals surface area contributed by atoms with E-state index in [1.54, 1.807) is 19.1 Å². The van der Waals surface area contributed by atoms with Crippen molar-refractivity contribution in [1.29, 1.82) is 0 Å². The first-order valence-corrected chi connectivity index (χ1v) is 15.1. The maximum Gasteiger partial charge on any atom is 0.255 e. The highest BCUT2D eigenvalue weighted by Crippen LogP contribution is 2.47. The van der Waals surface area contributed by atoms with Gasteiger partial charge in [-0.05, 0) is 87.6 Å². The highest BCUT2D eigenvalue weighted by molar-refractivity contribution is 9.10. The lowest BCUT2D eigenvalue weighted by atomic mass is 9.78. The Hall–Kier alpha value is -3.10. The number of halogens is 3. The van der Waals surface area contributed by atoms with E-state index in [0.717, 1.165) is 32.4 Å². The Kier molecular flexibility index (Phi) is 8.59. The maximum atomic E-state index is 12.7. The van der Waals surface area contributed by atoms with Crippen LogP contribution in [0, 0.1) is 0 Å². The maximum absolute atomic E-state index is 12.7. The van der Waals surface area contributed by atoms with Crippen LogP contribution in [0.15, 0.2) is 77.3 Å². The number of fused-ring (bicyclic) bond motifs is 1. The molecule has 1 aliphatic heterocycles. The molecule has 6 nitrogen and oxygen atoms in total. The fourth-order valence-electron chi connectivity index (χ4n) is 5.45. The molecule has 9 heteroatoms. The van der Waals surface area contributed by atoms with Crippen molar-refractivity contribution >= 4 is 45.0 Å². The van der Waals surface area contributed by atoms with Crippen molar-refractivity contribution in [3.8, 4) is 34.0 Å². The van der Waals surface area contributed by atoms with E-state index >= 15 is 0 Å². The van der Waals surface area contributed by atoms with Crippen molar-refractivity contribution in [3.63, 3.8) is 0 Å². The number of rotatable bonds is 7. The average Bonchev–Trinajstić information content (AvgIpc) is 2.91. The highest BCUT2D eigenvalue weighted by Gasteiger charge is 2.39. The molecule has 2 atom stereocenters. The zero-order chi connectivity index (χ0) is 30.2. The molecule has 2 unspecified atom stereocenters. The van der Waals surface area contributed by atoms with E-state index in [4.69, 9.17) is 32.9 Å². The van der Waals surface area contributed by atoms with Gasteiger partial charge in [0.2, 0.25) is 5.88 Å². The highest BCUT2D eigenvalue weighted by atomic mass is 79.9. The van der Waals surface area contributed by atoms with Crippen LogP contribution in [-0.4, -0.2) is 38.9 Å². The zero-order valence-corrected chi connectivity index (χ0v) is 26.5. The number of phenolic OH excluding ortho intramolecular Hbond substituents is 1. The van der Waals surface area contributed by atoms with Crippen molar-refractivity contribution in [3.05, 3.63) is 98.4 Å². The van der Waals surface area contributed by atoms with Crippen molar-refractivity contribution in [2.45, 2.75) is 50.7 Å². The van der Waals surface area contributed by atoms with Crippen LogP contribution in [0.4, 0.5) is 0 Å². The Morgan fingerprint density at radius 2 is 1.76 bits per heavy atom. The lowest BCUT2D eigenvalue weighted by molar-refractivity contribution is 0.0159. The smallest absolute Gasteiger partial charge is 0.255 e. The van der Waals surface area contributed by atoms with Crippen LogP contribution < -0.4 is 10.1 Å². The molecule has 1 amide bonds. The summed E-state index contributed by atoms with van der Waals surface area (Å²) in [6.45, 7) is 5.71. The second kappa shape index (κ2) is 11.9. The molecule has 0 aliphatic carbocycles. The Morgan fingerprint density at radius 3 is 2.45 bits per heavy atom. The van der Waals surface area contributed by atoms with Gasteiger partial charge in [0.25, 0.3) is 5.91 Å². The fraction of sp³-hybridized carbons (Fsp3) is 0.273. The summed E-state index contributed by atoms with van der Waals surface area (Å²) >= 11 is 16.1. The SMILES string of the molecule is CC(O)(CNC(=O)c1ccccc1O)CC1CC(C)(C)Oc2nc(-c3ccc(Cl)cc3Br)c(-c3ccc(Cl)cc3)cc21. The number of nitrogens with zero attached hydrogens (tertiary/aromatic N) is 1. The number of aliphatic hydroxyl groups is 1. The Morgan fingerprint density at radius 1 is 1.07 bits per heavy atom. The molecule has 1 aromatic heterocycles. The van der Waals surface area contributed by atoms with E-state index in [9.17, 15) is 15.0 Å². The number of ether oxygens (including phenoxy) is 1. The van der Waals surface area contributed by atoms with Crippen molar-refractivity contribution in [2.24, 2.45) is 0 Å². The molecule has 0 spiro atoms. The number of hydrogen-bond acceptors (Lipinski definition) is 5. The van der Waals surface area contributed by atoms with Crippen LogP contribution in [0.1, 0.15) is 55.5 Å². The first kappa shape index (κ1) is 30.4. The number of amides is 1. The lowest BCUT2D eigenvalue weighted by Crippen LogP contribution is -2.44. The number of benzene rings is 3. The van der Waals surface area contributed by atoms with E-state index < -0.39 is 17.1 Å². The number of aromatic nitrogens is 1. The van der Waals surface area contributed by atoms with Crippen molar-refractivity contribution in [1.82, 2.24) is 10.3 Å². The molecule has 0 radical (unpaired) electrons. The van der Waals surface area contributed by atoms with E-state index in [1.165, 1.54) is 12.1 Å². The average molecular weight is 670 g/mol. The number of phenols is 1. The van der Waals surface area contributed by atoms with Gasteiger partial charge in [-0.2, -0.15) is 0 Å². The number of para-hydroxylation sites is 1. The van der Waals surface area contributed by atoms with Gasteiger partial charge in [-0.25, -0.2) is 4.98 Å². The third-order valence-electron chi connectivity index (χ3n) is 7.37. The van der Waals surface area contributed by atoms with Gasteiger partial charge in [-0.3, -0.25) is 4.79 Å². The van der Waals surface area contributed by atoms with E-state index in [1.807, 2.05) is 56.3 Å². The van der Waals surface area contributed by atoms with Crippen molar-refractivity contribution < 1.29 is 19.7 Å². The van der Waals surface area contributed by atoms with E-state index in [0.29, 0.717) is 28.8 Å². The zero-order valence-electron chi connectivity index (χ0n) is 23.4. The third-order valence-corrected chi connectivity index (χ3v) is 8.52. The summed E-state index contributed by atoms with van der Waals surface area (Å²) in [6, 6.07) is 21.6. The van der Waals surface area contributed by atoms with Gasteiger partial charge in [0.1, 0.15) is 11.4 Å². The second-order valence-electron chi connectivity index (χ2n) is 11.6. The van der Waals surface area contributed by atoms with E-state index in [2.05, 4.69) is 27.3 Å². The van der Waals surface area contributed by atoms with Crippen LogP contribution in [-0.2, 0) is 0 Å². The van der Waals surface area contributed by atoms with Crippen LogP contribution in [0.2, 0.25) is 10.0 Å². The topological polar surface area (TPSA) is 91.7 Å². The number of pyridine rings is 1. The predicted octanol–water partition coefficient (Wildman–Crippen LogP) is 8.41. The molecule has 0 fully saturated rings. The summed E-state index contributed by atoms with van der Waals surface area (Å²) < 4.78 is 7.21. The second-order valence-corrected chi connectivity index (χ2v) is 13.3. The fourth-order valence-corrected chi connectivity index (χ4v) is 6.44. The minimum atomic E-state index is -1.26. The summed E-state index contributed by atoms with van der Waals surface area (Å²) in [7, 11) is 0. The van der Waals surface area contributed by atoms with E-state index in [-0.39, 0.29) is 23.8 Å². The van der Waals surface area contributed by atoms with Gasteiger partial charge >= 0.3 is 0 Å². The lowest BCUT2D eigenvalue weighted by Gasteiger charge is -2.40. The molecule has 3 N–H and O–H groups in total. The minimum Gasteiger partial charge on any atom is -0.507 e. The van der Waals surface area contributed by atoms with Crippen LogP contribution in [0.3, 0.4) is 0 Å². The summed E-state index contributed by atoms with van der Waals surface area (Å²) in [4.78, 5) is 17.8. The largest absolute Gasteiger partial charge is 0.507 e. The number of aromatic hydroxyl groups is 1. The number of nitrogens with one attached hydrogen (secondary N) is 1. The van der Waals surface area contributed by atoms with Crippen molar-refractivity contribution in [2.75, 3.05) is 6.54 Å².